The SMILES string of the molecule is Cc1cc(NC2CN(S(=O)(=O)c3cn(C)cn3)CC2c2ccc(F)cc2)ccc1F. The van der Waals surface area contributed by atoms with Crippen molar-refractivity contribution < 1.29 is 17.2 Å². The molecule has 9 heteroatoms. The molecule has 30 heavy (non-hydrogen) atoms. The van der Waals surface area contributed by atoms with Crippen molar-refractivity contribution in [2.45, 2.75) is 23.9 Å². The Bertz CT molecular complexity index is 1160. The normalized spacial score (nSPS) is 19.9. The van der Waals surface area contributed by atoms with E-state index in [4.69, 9.17) is 0 Å². The van der Waals surface area contributed by atoms with E-state index in [2.05, 4.69) is 10.3 Å². The van der Waals surface area contributed by atoms with Crippen LogP contribution in [0.1, 0.15) is 17.0 Å². The van der Waals surface area contributed by atoms with Gasteiger partial charge < -0.3 is 9.88 Å². The predicted octanol–water partition coefficient (Wildman–Crippen LogP) is 3.28. The fraction of sp³-hybridized carbons (Fsp3) is 0.286. The second kappa shape index (κ2) is 7.81. The average Bonchev–Trinajstić information content (AvgIpc) is 3.33. The standard InChI is InChI=1S/C21H22F2N4O2S/c1-14-9-17(7-8-19(14)23)25-20-11-27(30(28,29)21-12-26(2)13-24-21)10-18(20)15-3-5-16(22)6-4-15/h3-9,12-13,18,20,25H,10-11H2,1-2H3. The number of hydrogen-bond donors (Lipinski definition) is 1. The molecule has 2 heterocycles. The molecule has 1 fully saturated rings. The number of benzene rings is 2. The highest BCUT2D eigenvalue weighted by molar-refractivity contribution is 7.89. The van der Waals surface area contributed by atoms with Crippen LogP contribution in [0.15, 0.2) is 60.0 Å². The van der Waals surface area contributed by atoms with E-state index in [-0.39, 0.29) is 41.7 Å². The molecule has 1 N–H and O–H groups in total. The monoisotopic (exact) mass is 432 g/mol. The molecule has 1 saturated heterocycles. The van der Waals surface area contributed by atoms with Gasteiger partial charge in [-0.2, -0.15) is 4.31 Å². The number of nitrogens with zero attached hydrogens (tertiary/aromatic N) is 3. The van der Waals surface area contributed by atoms with Crippen molar-refractivity contribution in [3.8, 4) is 0 Å². The third kappa shape index (κ3) is 3.95. The van der Waals surface area contributed by atoms with Gasteiger partial charge in [0.05, 0.1) is 6.33 Å². The third-order valence-electron chi connectivity index (χ3n) is 5.38. The van der Waals surface area contributed by atoms with Crippen LogP contribution < -0.4 is 5.32 Å². The molecule has 1 aliphatic heterocycles. The summed E-state index contributed by atoms with van der Waals surface area (Å²) in [6, 6.07) is 10.5. The molecule has 2 aromatic carbocycles. The number of anilines is 1. The maximum Gasteiger partial charge on any atom is 0.262 e. The molecule has 1 aromatic heterocycles. The first-order valence-corrected chi connectivity index (χ1v) is 10.9. The zero-order valence-electron chi connectivity index (χ0n) is 16.6. The number of halogens is 2. The number of aromatic nitrogens is 2. The summed E-state index contributed by atoms with van der Waals surface area (Å²) in [5.74, 6) is -0.871. The van der Waals surface area contributed by atoms with Gasteiger partial charge in [0.1, 0.15) is 11.6 Å². The van der Waals surface area contributed by atoms with E-state index in [9.17, 15) is 17.2 Å². The molecule has 0 amide bonds. The summed E-state index contributed by atoms with van der Waals surface area (Å²) in [6.07, 6.45) is 2.91. The highest BCUT2D eigenvalue weighted by Gasteiger charge is 2.41. The first-order valence-electron chi connectivity index (χ1n) is 9.50. The third-order valence-corrected chi connectivity index (χ3v) is 7.10. The van der Waals surface area contributed by atoms with Crippen LogP contribution in [0.3, 0.4) is 0 Å². The van der Waals surface area contributed by atoms with E-state index in [1.165, 1.54) is 35.0 Å². The molecule has 2 unspecified atom stereocenters. The van der Waals surface area contributed by atoms with Gasteiger partial charge in [0.15, 0.2) is 5.03 Å². The molecule has 6 nitrogen and oxygen atoms in total. The fourth-order valence-corrected chi connectivity index (χ4v) is 5.22. The minimum atomic E-state index is -3.78. The van der Waals surface area contributed by atoms with Gasteiger partial charge >= 0.3 is 0 Å². The lowest BCUT2D eigenvalue weighted by Gasteiger charge is -2.21. The van der Waals surface area contributed by atoms with Crippen LogP contribution >= 0.6 is 0 Å². The second-order valence-corrected chi connectivity index (χ2v) is 9.46. The highest BCUT2D eigenvalue weighted by atomic mass is 32.2. The Balaban J connectivity index is 1.66. The Morgan fingerprint density at radius 1 is 1.10 bits per heavy atom. The van der Waals surface area contributed by atoms with Crippen molar-refractivity contribution in [2.24, 2.45) is 7.05 Å². The van der Waals surface area contributed by atoms with Crippen LogP contribution in [0.5, 0.6) is 0 Å². The number of rotatable bonds is 5. The minimum absolute atomic E-state index is 0.0128. The van der Waals surface area contributed by atoms with Crippen LogP contribution in [0, 0.1) is 18.6 Å². The number of hydrogen-bond acceptors (Lipinski definition) is 4. The lowest BCUT2D eigenvalue weighted by Crippen LogP contribution is -2.32. The quantitative estimate of drug-likeness (QED) is 0.672. The number of aryl methyl sites for hydroxylation is 2. The van der Waals surface area contributed by atoms with Gasteiger partial charge in [0.25, 0.3) is 10.0 Å². The molecule has 0 saturated carbocycles. The summed E-state index contributed by atoms with van der Waals surface area (Å²) >= 11 is 0. The highest BCUT2D eigenvalue weighted by Crippen LogP contribution is 2.33. The molecule has 4 rings (SSSR count). The lowest BCUT2D eigenvalue weighted by atomic mass is 9.94. The van der Waals surface area contributed by atoms with Crippen molar-refractivity contribution in [1.82, 2.24) is 13.9 Å². The van der Waals surface area contributed by atoms with Gasteiger partial charge in [0, 0.05) is 44.0 Å². The summed E-state index contributed by atoms with van der Waals surface area (Å²) in [7, 11) is -2.07. The Morgan fingerprint density at radius 3 is 2.47 bits per heavy atom. The topological polar surface area (TPSA) is 67.2 Å². The van der Waals surface area contributed by atoms with Crippen molar-refractivity contribution in [3.63, 3.8) is 0 Å². The summed E-state index contributed by atoms with van der Waals surface area (Å²) in [5, 5.41) is 3.33. The maximum absolute atomic E-state index is 13.6. The van der Waals surface area contributed by atoms with Crippen molar-refractivity contribution in [2.75, 3.05) is 18.4 Å². The number of sulfonamides is 1. The molecule has 2 atom stereocenters. The fourth-order valence-electron chi connectivity index (χ4n) is 3.76. The predicted molar refractivity (Wildman–Crippen MR) is 110 cm³/mol. The first-order chi connectivity index (χ1) is 14.2. The van der Waals surface area contributed by atoms with E-state index in [1.54, 1.807) is 42.8 Å². The van der Waals surface area contributed by atoms with Gasteiger partial charge in [-0.3, -0.25) is 0 Å². The van der Waals surface area contributed by atoms with Crippen LogP contribution in [0.4, 0.5) is 14.5 Å². The average molecular weight is 432 g/mol. The Morgan fingerprint density at radius 2 is 1.83 bits per heavy atom. The van der Waals surface area contributed by atoms with E-state index in [0.29, 0.717) is 11.3 Å². The van der Waals surface area contributed by atoms with Crippen LogP contribution in [-0.4, -0.2) is 41.4 Å². The largest absolute Gasteiger partial charge is 0.380 e. The zero-order valence-corrected chi connectivity index (χ0v) is 17.4. The Labute approximate surface area is 174 Å². The summed E-state index contributed by atoms with van der Waals surface area (Å²) in [4.78, 5) is 3.99. The minimum Gasteiger partial charge on any atom is -0.380 e. The van der Waals surface area contributed by atoms with Crippen molar-refractivity contribution in [1.29, 1.82) is 0 Å². The van der Waals surface area contributed by atoms with E-state index < -0.39 is 10.0 Å². The Kier molecular flexibility index (Phi) is 5.33. The molecular weight excluding hydrogens is 410 g/mol. The summed E-state index contributed by atoms with van der Waals surface area (Å²) < 4.78 is 56.2. The smallest absolute Gasteiger partial charge is 0.262 e. The summed E-state index contributed by atoms with van der Waals surface area (Å²) in [6.45, 7) is 2.10. The molecule has 0 radical (unpaired) electrons. The molecule has 0 aliphatic carbocycles. The zero-order chi connectivity index (χ0) is 21.5. The number of nitrogens with one attached hydrogen (secondary N) is 1. The Hall–Kier alpha value is -2.78. The first kappa shape index (κ1) is 20.5. The van der Waals surface area contributed by atoms with E-state index >= 15 is 0 Å². The van der Waals surface area contributed by atoms with Crippen LogP contribution in [-0.2, 0) is 17.1 Å². The van der Waals surface area contributed by atoms with Gasteiger partial charge in [-0.25, -0.2) is 22.2 Å². The van der Waals surface area contributed by atoms with Crippen molar-refractivity contribution in [3.05, 3.63) is 77.8 Å². The van der Waals surface area contributed by atoms with Gasteiger partial charge in [-0.05, 0) is 48.4 Å². The van der Waals surface area contributed by atoms with Gasteiger partial charge in [-0.1, -0.05) is 12.1 Å². The molecule has 158 valence electrons. The molecule has 1 aliphatic rings. The molecule has 0 spiro atoms. The molecule has 3 aromatic rings. The van der Waals surface area contributed by atoms with E-state index in [1.807, 2.05) is 0 Å². The molecule has 0 bridgehead atoms. The van der Waals surface area contributed by atoms with E-state index in [0.717, 1.165) is 5.56 Å². The number of imidazole rings is 1. The van der Waals surface area contributed by atoms with Crippen molar-refractivity contribution >= 4 is 15.7 Å². The molecular formula is C21H22F2N4O2S. The maximum atomic E-state index is 13.6. The summed E-state index contributed by atoms with van der Waals surface area (Å²) in [5.41, 5.74) is 2.02. The van der Waals surface area contributed by atoms with Gasteiger partial charge in [0.2, 0.25) is 0 Å². The van der Waals surface area contributed by atoms with Crippen LogP contribution in [0.2, 0.25) is 0 Å². The van der Waals surface area contributed by atoms with Crippen LogP contribution in [0.25, 0.3) is 0 Å². The second-order valence-electron chi connectivity index (χ2n) is 7.57. The lowest BCUT2D eigenvalue weighted by molar-refractivity contribution is 0.468. The van der Waals surface area contributed by atoms with Gasteiger partial charge in [-0.15, -0.1) is 0 Å².